The van der Waals surface area contributed by atoms with Crippen LogP contribution in [0.3, 0.4) is 0 Å². The van der Waals surface area contributed by atoms with Gasteiger partial charge in [0, 0.05) is 0 Å². The summed E-state index contributed by atoms with van der Waals surface area (Å²) in [6, 6.07) is 0. The molecule has 0 radical (unpaired) electrons. The van der Waals surface area contributed by atoms with E-state index in [4.69, 9.17) is 0 Å². The van der Waals surface area contributed by atoms with Crippen molar-refractivity contribution in [3.8, 4) is 0 Å². The van der Waals surface area contributed by atoms with Crippen LogP contribution in [-0.2, 0) is 0 Å². The van der Waals surface area contributed by atoms with Crippen LogP contribution >= 0.6 is 0 Å². The van der Waals surface area contributed by atoms with Crippen molar-refractivity contribution in [2.45, 2.75) is 60.5 Å². The molecule has 0 saturated heterocycles. The lowest BCUT2D eigenvalue weighted by Crippen LogP contribution is -2.41. The van der Waals surface area contributed by atoms with E-state index in [0.29, 0.717) is 17.3 Å². The molecule has 0 aromatic rings. The minimum absolute atomic E-state index is 0.105. The molecule has 15 heavy (non-hydrogen) atoms. The van der Waals surface area contributed by atoms with E-state index in [-0.39, 0.29) is 16.9 Å². The number of rotatable bonds is 0. The van der Waals surface area contributed by atoms with Crippen LogP contribution in [0.1, 0.15) is 54.4 Å². The topological polar surface area (TPSA) is 20.2 Å². The molecule has 2 aliphatic rings. The molecule has 0 aromatic carbocycles. The first kappa shape index (κ1) is 11.4. The van der Waals surface area contributed by atoms with Gasteiger partial charge in [0.2, 0.25) is 0 Å². The summed E-state index contributed by atoms with van der Waals surface area (Å²) >= 11 is 0. The fourth-order valence-corrected chi connectivity index (χ4v) is 4.41. The zero-order valence-corrected chi connectivity index (χ0v) is 11.1. The van der Waals surface area contributed by atoms with E-state index >= 15 is 0 Å². The normalized spacial score (nSPS) is 48.6. The third-order valence-electron chi connectivity index (χ3n) is 5.80. The summed E-state index contributed by atoms with van der Waals surface area (Å²) in [4.78, 5) is 0. The van der Waals surface area contributed by atoms with Gasteiger partial charge in [-0.15, -0.1) is 0 Å². The number of hydrogen-bond donors (Lipinski definition) is 1. The largest absolute Gasteiger partial charge is 0.392 e. The molecule has 2 saturated carbocycles. The Hall–Kier alpha value is -0.0400. The van der Waals surface area contributed by atoms with Crippen molar-refractivity contribution in [1.29, 1.82) is 0 Å². The number of aliphatic hydroxyl groups excluding tert-OH is 1. The summed E-state index contributed by atoms with van der Waals surface area (Å²) < 4.78 is 0. The summed E-state index contributed by atoms with van der Waals surface area (Å²) in [5.41, 5.74) is 0.694. The maximum atomic E-state index is 10.6. The maximum Gasteiger partial charge on any atom is 0.0634 e. The molecule has 1 nitrogen and oxygen atoms in total. The zero-order valence-electron chi connectivity index (χ0n) is 11.1. The van der Waals surface area contributed by atoms with Crippen LogP contribution in [0.25, 0.3) is 0 Å². The first-order chi connectivity index (χ1) is 6.62. The van der Waals surface area contributed by atoms with Crippen LogP contribution in [0.5, 0.6) is 0 Å². The predicted molar refractivity (Wildman–Crippen MR) is 63.6 cm³/mol. The van der Waals surface area contributed by atoms with Crippen LogP contribution in [0.4, 0.5) is 0 Å². The molecule has 88 valence electrons. The van der Waals surface area contributed by atoms with Crippen molar-refractivity contribution in [1.82, 2.24) is 0 Å². The van der Waals surface area contributed by atoms with E-state index in [1.807, 2.05) is 0 Å². The molecule has 0 aliphatic heterocycles. The highest BCUT2D eigenvalue weighted by Crippen LogP contribution is 2.70. The molecule has 2 bridgehead atoms. The first-order valence-corrected chi connectivity index (χ1v) is 6.30. The van der Waals surface area contributed by atoms with E-state index in [9.17, 15) is 5.11 Å². The monoisotopic (exact) mass is 210 g/mol. The standard InChI is InChI=1S/C14H26O/c1-12(2,3)10-9-7-8-14(6,11(10)15)13(9,4)5/h9-11,15H,7-8H2,1-6H3/t9?,10?,11?,14-/m1/s1. The van der Waals surface area contributed by atoms with Crippen LogP contribution in [0, 0.1) is 28.1 Å². The van der Waals surface area contributed by atoms with Gasteiger partial charge in [-0.2, -0.15) is 0 Å². The summed E-state index contributed by atoms with van der Waals surface area (Å²) in [6.07, 6.45) is 2.41. The molecular formula is C14H26O. The molecule has 1 N–H and O–H groups in total. The van der Waals surface area contributed by atoms with Crippen LogP contribution < -0.4 is 0 Å². The fourth-order valence-electron chi connectivity index (χ4n) is 4.41. The molecule has 3 unspecified atom stereocenters. The van der Waals surface area contributed by atoms with Gasteiger partial charge in [0.05, 0.1) is 6.10 Å². The molecule has 2 fully saturated rings. The van der Waals surface area contributed by atoms with Crippen molar-refractivity contribution >= 4 is 0 Å². The van der Waals surface area contributed by atoms with E-state index < -0.39 is 0 Å². The van der Waals surface area contributed by atoms with E-state index in [0.717, 1.165) is 0 Å². The maximum absolute atomic E-state index is 10.6. The van der Waals surface area contributed by atoms with E-state index in [2.05, 4.69) is 41.5 Å². The summed E-state index contributed by atoms with van der Waals surface area (Å²) in [5, 5.41) is 10.6. The van der Waals surface area contributed by atoms with Crippen molar-refractivity contribution in [2.24, 2.45) is 28.1 Å². The molecule has 0 aromatic heterocycles. The van der Waals surface area contributed by atoms with Gasteiger partial charge >= 0.3 is 0 Å². The molecular weight excluding hydrogens is 184 g/mol. The van der Waals surface area contributed by atoms with Gasteiger partial charge in [0.15, 0.2) is 0 Å². The zero-order chi connectivity index (χ0) is 11.6. The molecule has 0 spiro atoms. The number of hydrogen-bond acceptors (Lipinski definition) is 1. The van der Waals surface area contributed by atoms with Gasteiger partial charge in [0.1, 0.15) is 0 Å². The van der Waals surface area contributed by atoms with Crippen molar-refractivity contribution in [3.63, 3.8) is 0 Å². The molecule has 0 amide bonds. The first-order valence-electron chi connectivity index (χ1n) is 6.30. The number of aliphatic hydroxyl groups is 1. The van der Waals surface area contributed by atoms with Gasteiger partial charge in [-0.3, -0.25) is 0 Å². The average Bonchev–Trinajstić information content (AvgIpc) is 2.33. The minimum Gasteiger partial charge on any atom is -0.392 e. The lowest BCUT2D eigenvalue weighted by Gasteiger charge is -2.40. The van der Waals surface area contributed by atoms with Gasteiger partial charge in [-0.05, 0) is 40.9 Å². The Bertz CT molecular complexity index is 274. The van der Waals surface area contributed by atoms with E-state index in [1.54, 1.807) is 0 Å². The minimum atomic E-state index is -0.105. The van der Waals surface area contributed by atoms with Crippen LogP contribution in [0.15, 0.2) is 0 Å². The lowest BCUT2D eigenvalue weighted by molar-refractivity contribution is -0.0401. The van der Waals surface area contributed by atoms with Crippen molar-refractivity contribution < 1.29 is 5.11 Å². The Kier molecular flexibility index (Phi) is 2.13. The second kappa shape index (κ2) is 2.80. The highest BCUT2D eigenvalue weighted by Gasteiger charge is 2.67. The highest BCUT2D eigenvalue weighted by atomic mass is 16.3. The SMILES string of the molecule is CC(C)(C)C1C2CC[C@](C)(C1O)C2(C)C. The Morgan fingerprint density at radius 3 is 1.93 bits per heavy atom. The Balaban J connectivity index is 2.43. The van der Waals surface area contributed by atoms with Crippen molar-refractivity contribution in [3.05, 3.63) is 0 Å². The third kappa shape index (κ3) is 1.19. The second-order valence-corrected chi connectivity index (χ2v) is 7.62. The molecule has 4 atom stereocenters. The van der Waals surface area contributed by atoms with Crippen molar-refractivity contribution in [2.75, 3.05) is 0 Å². The quantitative estimate of drug-likeness (QED) is 0.649. The molecule has 2 rings (SSSR count). The van der Waals surface area contributed by atoms with Gasteiger partial charge < -0.3 is 5.11 Å². The highest BCUT2D eigenvalue weighted by molar-refractivity contribution is 5.16. The van der Waals surface area contributed by atoms with E-state index in [1.165, 1.54) is 12.8 Å². The molecule has 0 heterocycles. The summed E-state index contributed by atoms with van der Waals surface area (Å²) in [6.45, 7) is 13.9. The van der Waals surface area contributed by atoms with Crippen LogP contribution in [-0.4, -0.2) is 11.2 Å². The Morgan fingerprint density at radius 2 is 1.67 bits per heavy atom. The predicted octanol–water partition coefficient (Wildman–Crippen LogP) is 3.47. The van der Waals surface area contributed by atoms with Gasteiger partial charge in [0.25, 0.3) is 0 Å². The Morgan fingerprint density at radius 1 is 1.13 bits per heavy atom. The second-order valence-electron chi connectivity index (χ2n) is 7.62. The smallest absolute Gasteiger partial charge is 0.0634 e. The average molecular weight is 210 g/mol. The third-order valence-corrected chi connectivity index (χ3v) is 5.80. The molecule has 2 aliphatic carbocycles. The van der Waals surface area contributed by atoms with Gasteiger partial charge in [-0.25, -0.2) is 0 Å². The number of fused-ring (bicyclic) bond motifs is 2. The summed E-state index contributed by atoms with van der Waals surface area (Å²) in [7, 11) is 0. The van der Waals surface area contributed by atoms with Gasteiger partial charge in [-0.1, -0.05) is 41.5 Å². The Labute approximate surface area is 94.3 Å². The lowest BCUT2D eigenvalue weighted by atomic mass is 9.67. The van der Waals surface area contributed by atoms with Crippen LogP contribution in [0.2, 0.25) is 0 Å². The fraction of sp³-hybridized carbons (Fsp3) is 1.00. The molecule has 1 heteroatoms. The summed E-state index contributed by atoms with van der Waals surface area (Å²) in [5.74, 6) is 1.18.